The zero-order valence-corrected chi connectivity index (χ0v) is 11.5. The number of carbonyl (C=O) groups is 1. The normalized spacial score (nSPS) is 12.2. The van der Waals surface area contributed by atoms with Crippen LogP contribution >= 0.6 is 15.9 Å². The molecule has 0 amide bonds. The molecule has 17 heavy (non-hydrogen) atoms. The highest BCUT2D eigenvalue weighted by atomic mass is 79.9. The van der Waals surface area contributed by atoms with Crippen molar-refractivity contribution in [2.24, 2.45) is 0 Å². The largest absolute Gasteiger partial charge is 0.491 e. The van der Waals surface area contributed by atoms with Crippen molar-refractivity contribution in [2.45, 2.75) is 26.4 Å². The Balaban J connectivity index is 2.92. The molecule has 0 bridgehead atoms. The lowest BCUT2D eigenvalue weighted by Gasteiger charge is -2.13. The van der Waals surface area contributed by atoms with Crippen molar-refractivity contribution < 1.29 is 14.6 Å². The number of aliphatic hydroxyl groups excluding tert-OH is 1. The number of nitrogen functional groups attached to an aromatic ring is 1. The van der Waals surface area contributed by atoms with Crippen LogP contribution in [-0.2, 0) is 0 Å². The molecule has 0 saturated heterocycles. The fourth-order valence-corrected chi connectivity index (χ4v) is 1.84. The third-order valence-electron chi connectivity index (χ3n) is 2.24. The summed E-state index contributed by atoms with van der Waals surface area (Å²) in [4.78, 5) is 11.5. The number of hydrogen-bond acceptors (Lipinski definition) is 4. The number of halogens is 1. The molecule has 0 aliphatic heterocycles. The first-order chi connectivity index (χ1) is 7.91. The summed E-state index contributed by atoms with van der Waals surface area (Å²) in [5.41, 5.74) is 6.67. The molecular weight excluding hydrogens is 286 g/mol. The van der Waals surface area contributed by atoms with Crippen LogP contribution < -0.4 is 10.5 Å². The second-order valence-electron chi connectivity index (χ2n) is 3.91. The minimum absolute atomic E-state index is 0.106. The van der Waals surface area contributed by atoms with Gasteiger partial charge >= 0.3 is 0 Å². The van der Waals surface area contributed by atoms with E-state index in [4.69, 9.17) is 15.6 Å². The number of anilines is 1. The van der Waals surface area contributed by atoms with Gasteiger partial charge in [0, 0.05) is 10.9 Å². The maximum atomic E-state index is 11.5. The molecule has 1 aromatic carbocycles. The van der Waals surface area contributed by atoms with E-state index < -0.39 is 6.10 Å². The average molecular weight is 302 g/mol. The molecule has 5 heteroatoms. The smallest absolute Gasteiger partial charge is 0.163 e. The number of ether oxygens (including phenoxy) is 1. The number of Topliss-reactive ketones (excluding diaryl/α,β-unsaturated/α-hetero) is 1. The van der Waals surface area contributed by atoms with Crippen LogP contribution in [0.4, 0.5) is 5.69 Å². The van der Waals surface area contributed by atoms with Crippen molar-refractivity contribution in [3.63, 3.8) is 0 Å². The first kappa shape index (κ1) is 14.0. The van der Waals surface area contributed by atoms with Crippen molar-refractivity contribution in [3.05, 3.63) is 22.2 Å². The first-order valence-electron chi connectivity index (χ1n) is 5.32. The van der Waals surface area contributed by atoms with Gasteiger partial charge in [0.25, 0.3) is 0 Å². The highest BCUT2D eigenvalue weighted by molar-refractivity contribution is 9.10. The summed E-state index contributed by atoms with van der Waals surface area (Å²) < 4.78 is 6.21. The van der Waals surface area contributed by atoms with E-state index in [1.165, 1.54) is 6.92 Å². The number of hydrogen-bond donors (Lipinski definition) is 2. The van der Waals surface area contributed by atoms with Crippen molar-refractivity contribution in [1.29, 1.82) is 0 Å². The Bertz CT molecular complexity index is 418. The SMILES string of the molecule is CC(=O)c1cc(Br)cc(N)c1OCCC(C)O. The van der Waals surface area contributed by atoms with Crippen LogP contribution in [0.25, 0.3) is 0 Å². The van der Waals surface area contributed by atoms with Crippen LogP contribution in [0.3, 0.4) is 0 Å². The first-order valence-corrected chi connectivity index (χ1v) is 6.12. The highest BCUT2D eigenvalue weighted by Crippen LogP contribution is 2.31. The van der Waals surface area contributed by atoms with Gasteiger partial charge in [-0.1, -0.05) is 15.9 Å². The molecule has 0 aliphatic carbocycles. The van der Waals surface area contributed by atoms with Gasteiger partial charge in [-0.05, 0) is 26.0 Å². The van der Waals surface area contributed by atoms with Gasteiger partial charge in [0.1, 0.15) is 0 Å². The summed E-state index contributed by atoms with van der Waals surface area (Å²) >= 11 is 3.28. The van der Waals surface area contributed by atoms with Crippen LogP contribution in [0.5, 0.6) is 5.75 Å². The number of carbonyl (C=O) groups excluding carboxylic acids is 1. The van der Waals surface area contributed by atoms with Gasteiger partial charge in [-0.3, -0.25) is 4.79 Å². The average Bonchev–Trinajstić information content (AvgIpc) is 2.19. The van der Waals surface area contributed by atoms with E-state index in [-0.39, 0.29) is 5.78 Å². The second-order valence-corrected chi connectivity index (χ2v) is 4.83. The minimum Gasteiger partial charge on any atom is -0.491 e. The van der Waals surface area contributed by atoms with Crippen molar-refractivity contribution >= 4 is 27.4 Å². The molecule has 1 rings (SSSR count). The summed E-state index contributed by atoms with van der Waals surface area (Å²) in [6, 6.07) is 3.36. The Labute approximate surface area is 109 Å². The van der Waals surface area contributed by atoms with Crippen LogP contribution in [0, 0.1) is 0 Å². The molecule has 0 fully saturated rings. The molecular formula is C12H16BrNO3. The molecule has 1 unspecified atom stereocenters. The molecule has 4 nitrogen and oxygen atoms in total. The van der Waals surface area contributed by atoms with Gasteiger partial charge in [0.2, 0.25) is 0 Å². The zero-order chi connectivity index (χ0) is 13.0. The third kappa shape index (κ3) is 4.02. The fraction of sp³-hybridized carbons (Fsp3) is 0.417. The Morgan fingerprint density at radius 1 is 1.59 bits per heavy atom. The highest BCUT2D eigenvalue weighted by Gasteiger charge is 2.13. The molecule has 0 radical (unpaired) electrons. The van der Waals surface area contributed by atoms with Crippen molar-refractivity contribution in [3.8, 4) is 5.75 Å². The summed E-state index contributed by atoms with van der Waals surface area (Å²) in [5, 5.41) is 9.14. The van der Waals surface area contributed by atoms with Crippen LogP contribution in [0.15, 0.2) is 16.6 Å². The van der Waals surface area contributed by atoms with Gasteiger partial charge in [0.05, 0.1) is 24.0 Å². The Kier molecular flexibility index (Phi) is 4.96. The van der Waals surface area contributed by atoms with Crippen molar-refractivity contribution in [2.75, 3.05) is 12.3 Å². The van der Waals surface area contributed by atoms with Gasteiger partial charge in [-0.2, -0.15) is 0 Å². The predicted octanol–water partition coefficient (Wildman–Crippen LogP) is 2.38. The Hall–Kier alpha value is -1.07. The predicted molar refractivity (Wildman–Crippen MR) is 70.4 cm³/mol. The number of benzene rings is 1. The van der Waals surface area contributed by atoms with E-state index in [0.29, 0.717) is 30.0 Å². The van der Waals surface area contributed by atoms with E-state index in [2.05, 4.69) is 15.9 Å². The number of aliphatic hydroxyl groups is 1. The Morgan fingerprint density at radius 2 is 2.24 bits per heavy atom. The maximum absolute atomic E-state index is 11.5. The molecule has 3 N–H and O–H groups in total. The van der Waals surface area contributed by atoms with Gasteiger partial charge in [-0.25, -0.2) is 0 Å². The van der Waals surface area contributed by atoms with E-state index in [9.17, 15) is 4.79 Å². The van der Waals surface area contributed by atoms with Crippen molar-refractivity contribution in [1.82, 2.24) is 0 Å². The summed E-state index contributed by atoms with van der Waals surface area (Å²) in [5.74, 6) is 0.284. The van der Waals surface area contributed by atoms with Crippen LogP contribution in [0.2, 0.25) is 0 Å². The van der Waals surface area contributed by atoms with Gasteiger partial charge in [-0.15, -0.1) is 0 Å². The van der Waals surface area contributed by atoms with E-state index in [1.807, 2.05) is 0 Å². The van der Waals surface area contributed by atoms with Gasteiger partial charge < -0.3 is 15.6 Å². The lowest BCUT2D eigenvalue weighted by molar-refractivity contribution is 0.101. The second kappa shape index (κ2) is 6.02. The third-order valence-corrected chi connectivity index (χ3v) is 2.70. The summed E-state index contributed by atoms with van der Waals surface area (Å²) in [6.07, 6.45) is 0.0554. The van der Waals surface area contributed by atoms with Gasteiger partial charge in [0.15, 0.2) is 11.5 Å². The molecule has 0 spiro atoms. The molecule has 94 valence electrons. The molecule has 1 aromatic rings. The fourth-order valence-electron chi connectivity index (χ4n) is 1.37. The summed E-state index contributed by atoms with van der Waals surface area (Å²) in [7, 11) is 0. The molecule has 0 saturated carbocycles. The topological polar surface area (TPSA) is 72.6 Å². The number of rotatable bonds is 5. The minimum atomic E-state index is -0.438. The van der Waals surface area contributed by atoms with E-state index >= 15 is 0 Å². The molecule has 1 atom stereocenters. The standard InChI is InChI=1S/C12H16BrNO3/c1-7(15)3-4-17-12-10(8(2)16)5-9(13)6-11(12)14/h5-7,15H,3-4,14H2,1-2H3. The number of ketones is 1. The monoisotopic (exact) mass is 301 g/mol. The van der Waals surface area contributed by atoms with E-state index in [1.54, 1.807) is 19.1 Å². The quantitative estimate of drug-likeness (QED) is 0.647. The Morgan fingerprint density at radius 3 is 2.76 bits per heavy atom. The van der Waals surface area contributed by atoms with Crippen LogP contribution in [0.1, 0.15) is 30.6 Å². The van der Waals surface area contributed by atoms with Crippen LogP contribution in [-0.4, -0.2) is 23.6 Å². The number of nitrogens with two attached hydrogens (primary N) is 1. The molecule has 0 aliphatic rings. The zero-order valence-electron chi connectivity index (χ0n) is 9.87. The summed E-state index contributed by atoms with van der Waals surface area (Å²) in [6.45, 7) is 3.46. The maximum Gasteiger partial charge on any atom is 0.163 e. The lowest BCUT2D eigenvalue weighted by Crippen LogP contribution is -2.10. The molecule has 0 heterocycles. The van der Waals surface area contributed by atoms with E-state index in [0.717, 1.165) is 4.47 Å². The molecule has 0 aromatic heterocycles. The lowest BCUT2D eigenvalue weighted by atomic mass is 10.1.